The number of allylic oxidation sites excluding steroid dienone is 1. The van der Waals surface area contributed by atoms with E-state index in [1.807, 2.05) is 5.41 Å². The minimum absolute atomic E-state index is 0.660. The maximum absolute atomic E-state index is 10.1. The molecule has 0 fully saturated rings. The first-order chi connectivity index (χ1) is 5.06. The Morgan fingerprint density at radius 1 is 1.45 bits per heavy atom. The van der Waals surface area contributed by atoms with Crippen molar-refractivity contribution in [1.82, 2.24) is 0 Å². The summed E-state index contributed by atoms with van der Waals surface area (Å²) in [4.78, 5) is 0. The van der Waals surface area contributed by atoms with Gasteiger partial charge in [0.2, 0.25) is 0 Å². The van der Waals surface area contributed by atoms with Crippen LogP contribution in [0.25, 0.3) is 0 Å². The molecule has 0 aromatic carbocycles. The van der Waals surface area contributed by atoms with Crippen LogP contribution in [-0.2, 0) is 10.1 Å². The standard InChI is InChI=1S/C7H13O3S/c1-2-3-4-5-6-7-11(8,9)10/h6H,2-5H2,1H3,(H,8,9,10). The molecule has 0 heterocycles. The lowest BCUT2D eigenvalue weighted by molar-refractivity contribution is 0.492. The molecule has 1 radical (unpaired) electrons. The smallest absolute Gasteiger partial charge is 0.282 e. The van der Waals surface area contributed by atoms with Crippen molar-refractivity contribution < 1.29 is 13.0 Å². The summed E-state index contributed by atoms with van der Waals surface area (Å²) in [5.41, 5.74) is 0. The fourth-order valence-corrected chi connectivity index (χ4v) is 0.989. The van der Waals surface area contributed by atoms with E-state index in [2.05, 4.69) is 6.92 Å². The summed E-state index contributed by atoms with van der Waals surface area (Å²) in [6.07, 6.45) is 5.13. The number of hydrogen-bond donors (Lipinski definition) is 1. The lowest BCUT2D eigenvalue weighted by Crippen LogP contribution is -1.89. The third-order valence-electron chi connectivity index (χ3n) is 1.18. The molecule has 4 heteroatoms. The fraction of sp³-hybridized carbons (Fsp3) is 0.714. The Morgan fingerprint density at radius 3 is 2.55 bits per heavy atom. The molecule has 65 valence electrons. The molecule has 0 aromatic heterocycles. The molecule has 0 aliphatic rings. The quantitative estimate of drug-likeness (QED) is 0.514. The molecule has 0 spiro atoms. The highest BCUT2D eigenvalue weighted by Gasteiger charge is 1.94. The Kier molecular flexibility index (Phi) is 5.15. The molecule has 0 aliphatic carbocycles. The number of rotatable bonds is 5. The number of hydrogen-bond acceptors (Lipinski definition) is 2. The van der Waals surface area contributed by atoms with Crippen LogP contribution in [0.1, 0.15) is 32.6 Å². The van der Waals surface area contributed by atoms with Crippen molar-refractivity contribution in [3.05, 3.63) is 11.5 Å². The van der Waals surface area contributed by atoms with Crippen molar-refractivity contribution in [2.45, 2.75) is 32.6 Å². The van der Waals surface area contributed by atoms with Crippen molar-refractivity contribution in [1.29, 1.82) is 0 Å². The normalized spacial score (nSPS) is 12.5. The van der Waals surface area contributed by atoms with E-state index in [0.29, 0.717) is 6.42 Å². The van der Waals surface area contributed by atoms with Gasteiger partial charge in [-0.05, 0) is 12.8 Å². The minimum Gasteiger partial charge on any atom is -0.282 e. The second kappa shape index (κ2) is 5.32. The highest BCUT2D eigenvalue weighted by Crippen LogP contribution is 1.99. The molecule has 0 saturated heterocycles. The van der Waals surface area contributed by atoms with Gasteiger partial charge in [-0.15, -0.1) is 0 Å². The summed E-state index contributed by atoms with van der Waals surface area (Å²) in [5, 5.41) is 1.88. The molecule has 0 saturated carbocycles. The maximum atomic E-state index is 10.1. The summed E-state index contributed by atoms with van der Waals surface area (Å²) in [7, 11) is -4.02. The van der Waals surface area contributed by atoms with Gasteiger partial charge >= 0.3 is 0 Å². The van der Waals surface area contributed by atoms with E-state index >= 15 is 0 Å². The minimum atomic E-state index is -4.02. The van der Waals surface area contributed by atoms with Gasteiger partial charge < -0.3 is 0 Å². The van der Waals surface area contributed by atoms with Gasteiger partial charge in [-0.2, -0.15) is 8.42 Å². The predicted molar refractivity (Wildman–Crippen MR) is 43.5 cm³/mol. The molecular formula is C7H13O3S. The highest BCUT2D eigenvalue weighted by atomic mass is 32.2. The lowest BCUT2D eigenvalue weighted by atomic mass is 10.2. The summed E-state index contributed by atoms with van der Waals surface area (Å²) < 4.78 is 28.4. The molecular weight excluding hydrogens is 164 g/mol. The molecule has 1 N–H and O–H groups in total. The monoisotopic (exact) mass is 177 g/mol. The van der Waals surface area contributed by atoms with Crippen LogP contribution >= 0.6 is 0 Å². The Morgan fingerprint density at radius 2 is 2.09 bits per heavy atom. The van der Waals surface area contributed by atoms with Crippen LogP contribution in [0.4, 0.5) is 0 Å². The van der Waals surface area contributed by atoms with Gasteiger partial charge in [-0.1, -0.05) is 25.8 Å². The van der Waals surface area contributed by atoms with Crippen molar-refractivity contribution in [3.8, 4) is 0 Å². The lowest BCUT2D eigenvalue weighted by Gasteiger charge is -1.89. The summed E-state index contributed by atoms with van der Waals surface area (Å²) in [6.45, 7) is 2.07. The molecule has 0 aromatic rings. The van der Waals surface area contributed by atoms with Crippen LogP contribution in [-0.4, -0.2) is 13.0 Å². The van der Waals surface area contributed by atoms with E-state index in [0.717, 1.165) is 19.3 Å². The Bertz CT molecular complexity index is 204. The Labute approximate surface area is 67.9 Å². The summed E-state index contributed by atoms with van der Waals surface area (Å²) in [5.74, 6) is 0. The van der Waals surface area contributed by atoms with Crippen molar-refractivity contribution >= 4 is 10.1 Å². The van der Waals surface area contributed by atoms with Crippen molar-refractivity contribution in [3.63, 3.8) is 0 Å². The maximum Gasteiger partial charge on any atom is 0.295 e. The zero-order valence-corrected chi connectivity index (χ0v) is 7.39. The third kappa shape index (κ3) is 9.65. The largest absolute Gasteiger partial charge is 0.295 e. The SMILES string of the molecule is CCCCC/C=[C]\S(=O)(=O)O. The van der Waals surface area contributed by atoms with Gasteiger partial charge in [0.05, 0.1) is 0 Å². The molecule has 0 atom stereocenters. The molecule has 0 unspecified atom stereocenters. The van der Waals surface area contributed by atoms with E-state index in [-0.39, 0.29) is 0 Å². The van der Waals surface area contributed by atoms with E-state index in [1.165, 1.54) is 6.08 Å². The first-order valence-electron chi connectivity index (χ1n) is 3.62. The van der Waals surface area contributed by atoms with Crippen molar-refractivity contribution in [2.24, 2.45) is 0 Å². The van der Waals surface area contributed by atoms with E-state index in [4.69, 9.17) is 4.55 Å². The number of unbranched alkanes of at least 4 members (excludes halogenated alkanes) is 3. The summed E-state index contributed by atoms with van der Waals surface area (Å²) in [6, 6.07) is 0. The van der Waals surface area contributed by atoms with E-state index < -0.39 is 10.1 Å². The average molecular weight is 177 g/mol. The zero-order chi connectivity index (χ0) is 8.74. The third-order valence-corrected chi connectivity index (χ3v) is 1.65. The van der Waals surface area contributed by atoms with Crippen molar-refractivity contribution in [2.75, 3.05) is 0 Å². The topological polar surface area (TPSA) is 54.4 Å². The van der Waals surface area contributed by atoms with Gasteiger partial charge in [0.25, 0.3) is 10.1 Å². The molecule has 0 amide bonds. The average Bonchev–Trinajstić information content (AvgIpc) is 1.85. The van der Waals surface area contributed by atoms with Crippen LogP contribution in [0, 0.1) is 5.41 Å². The second-order valence-electron chi connectivity index (χ2n) is 2.29. The van der Waals surface area contributed by atoms with Gasteiger partial charge in [-0.25, -0.2) is 0 Å². The van der Waals surface area contributed by atoms with Gasteiger partial charge in [-0.3, -0.25) is 4.55 Å². The van der Waals surface area contributed by atoms with Crippen LogP contribution in [0.2, 0.25) is 0 Å². The first-order valence-corrected chi connectivity index (χ1v) is 5.06. The summed E-state index contributed by atoms with van der Waals surface area (Å²) >= 11 is 0. The molecule has 0 rings (SSSR count). The molecule has 0 bridgehead atoms. The van der Waals surface area contributed by atoms with Crippen LogP contribution in [0.5, 0.6) is 0 Å². The van der Waals surface area contributed by atoms with Crippen LogP contribution in [0.15, 0.2) is 6.08 Å². The first kappa shape index (κ1) is 10.7. The van der Waals surface area contributed by atoms with Gasteiger partial charge in [0, 0.05) is 0 Å². The van der Waals surface area contributed by atoms with Gasteiger partial charge in [0.1, 0.15) is 5.41 Å². The zero-order valence-electron chi connectivity index (χ0n) is 6.58. The van der Waals surface area contributed by atoms with Gasteiger partial charge in [0.15, 0.2) is 0 Å². The Balaban J connectivity index is 3.46. The second-order valence-corrected chi connectivity index (χ2v) is 3.48. The fourth-order valence-electron chi connectivity index (χ4n) is 0.661. The molecule has 0 aliphatic heterocycles. The van der Waals surface area contributed by atoms with E-state index in [9.17, 15) is 8.42 Å². The van der Waals surface area contributed by atoms with Crippen LogP contribution < -0.4 is 0 Å². The van der Waals surface area contributed by atoms with Crippen LogP contribution in [0.3, 0.4) is 0 Å². The highest BCUT2D eigenvalue weighted by molar-refractivity contribution is 7.87. The predicted octanol–water partition coefficient (Wildman–Crippen LogP) is 1.77. The van der Waals surface area contributed by atoms with E-state index in [1.54, 1.807) is 0 Å². The Hall–Kier alpha value is -0.350. The molecule has 11 heavy (non-hydrogen) atoms. The molecule has 3 nitrogen and oxygen atoms in total.